The van der Waals surface area contributed by atoms with Gasteiger partial charge in [0.2, 0.25) is 6.08 Å². The number of aliphatic imine (C=N–C) groups is 1. The van der Waals surface area contributed by atoms with Gasteiger partial charge in [-0.15, -0.1) is 0 Å². The Labute approximate surface area is 123 Å². The number of isocyanates is 1. The van der Waals surface area contributed by atoms with Gasteiger partial charge >= 0.3 is 0 Å². The molecule has 0 bridgehead atoms. The third-order valence-electron chi connectivity index (χ3n) is 4.53. The van der Waals surface area contributed by atoms with Gasteiger partial charge in [0.15, 0.2) is 0 Å². The van der Waals surface area contributed by atoms with Crippen LogP contribution in [0.25, 0.3) is 0 Å². The van der Waals surface area contributed by atoms with Crippen LogP contribution < -0.4 is 4.90 Å². The Balaban J connectivity index is 1.91. The molecule has 3 rings (SSSR count). The summed E-state index contributed by atoms with van der Waals surface area (Å²) in [6.07, 6.45) is 5.28. The first-order valence-corrected chi connectivity index (χ1v) is 7.47. The summed E-state index contributed by atoms with van der Waals surface area (Å²) in [5.74, 6) is -0.248. The molecule has 0 spiro atoms. The largest absolute Gasteiger partial charge is 0.378 e. The lowest BCUT2D eigenvalue weighted by atomic mass is 9.88. The lowest BCUT2D eigenvalue weighted by Gasteiger charge is -2.30. The third kappa shape index (κ3) is 2.71. The number of morpholine rings is 1. The molecule has 0 N–H and O–H groups in total. The van der Waals surface area contributed by atoms with E-state index in [4.69, 9.17) is 4.74 Å². The van der Waals surface area contributed by atoms with Gasteiger partial charge in [0.25, 0.3) is 0 Å². The molecule has 0 radical (unpaired) electrons. The number of carbonyl (C=O) groups excluding carboxylic acids is 1. The molecule has 0 aromatic heterocycles. The molecular weight excluding hydrogens is 271 g/mol. The maximum absolute atomic E-state index is 14.5. The van der Waals surface area contributed by atoms with Crippen molar-refractivity contribution in [2.24, 2.45) is 4.99 Å². The average molecular weight is 290 g/mol. The maximum atomic E-state index is 14.5. The monoisotopic (exact) mass is 290 g/mol. The molecule has 1 aliphatic heterocycles. The van der Waals surface area contributed by atoms with E-state index in [1.807, 2.05) is 11.0 Å². The summed E-state index contributed by atoms with van der Waals surface area (Å²) < 4.78 is 19.8. The van der Waals surface area contributed by atoms with Crippen LogP contribution >= 0.6 is 0 Å². The number of hydrogen-bond donors (Lipinski definition) is 0. The lowest BCUT2D eigenvalue weighted by Crippen LogP contribution is -2.36. The number of rotatable bonds is 3. The van der Waals surface area contributed by atoms with Gasteiger partial charge in [-0.1, -0.05) is 18.9 Å². The fraction of sp³-hybridized carbons (Fsp3) is 0.562. The number of benzene rings is 1. The molecule has 2 aliphatic rings. The van der Waals surface area contributed by atoms with Crippen LogP contribution in [0.1, 0.15) is 31.2 Å². The zero-order valence-corrected chi connectivity index (χ0v) is 12.0. The van der Waals surface area contributed by atoms with Gasteiger partial charge in [0.05, 0.1) is 24.4 Å². The predicted octanol–water partition coefficient (Wildman–Crippen LogP) is 2.77. The fourth-order valence-electron chi connectivity index (χ4n) is 3.37. The van der Waals surface area contributed by atoms with Crippen molar-refractivity contribution in [3.8, 4) is 0 Å². The molecule has 1 aliphatic carbocycles. The predicted molar refractivity (Wildman–Crippen MR) is 77.7 cm³/mol. The van der Waals surface area contributed by atoms with Crippen molar-refractivity contribution in [3.63, 3.8) is 0 Å². The fourth-order valence-corrected chi connectivity index (χ4v) is 3.37. The van der Waals surface area contributed by atoms with E-state index in [1.54, 1.807) is 12.1 Å². The van der Waals surface area contributed by atoms with Gasteiger partial charge < -0.3 is 9.64 Å². The van der Waals surface area contributed by atoms with Crippen molar-refractivity contribution in [2.75, 3.05) is 31.2 Å². The van der Waals surface area contributed by atoms with E-state index in [2.05, 4.69) is 4.99 Å². The van der Waals surface area contributed by atoms with Crippen LogP contribution in [0.2, 0.25) is 0 Å². The molecule has 1 saturated carbocycles. The minimum absolute atomic E-state index is 0.248. The van der Waals surface area contributed by atoms with Gasteiger partial charge in [-0.05, 0) is 30.5 Å². The first-order valence-electron chi connectivity index (χ1n) is 7.47. The highest BCUT2D eigenvalue weighted by molar-refractivity contribution is 5.51. The van der Waals surface area contributed by atoms with Gasteiger partial charge in [-0.3, -0.25) is 0 Å². The van der Waals surface area contributed by atoms with Crippen molar-refractivity contribution in [1.82, 2.24) is 0 Å². The summed E-state index contributed by atoms with van der Waals surface area (Å²) in [6, 6.07) is 5.24. The highest BCUT2D eigenvalue weighted by atomic mass is 19.1. The molecule has 5 heteroatoms. The van der Waals surface area contributed by atoms with Crippen molar-refractivity contribution in [2.45, 2.75) is 31.2 Å². The minimum atomic E-state index is -0.563. The van der Waals surface area contributed by atoms with E-state index in [0.717, 1.165) is 31.2 Å². The standard InChI is InChI=1S/C16H19FN2O2/c17-14-11-13(16(18-12-20)5-1-2-6-16)3-4-15(14)19-7-9-21-10-8-19/h3-4,11H,1-2,5-10H2. The van der Waals surface area contributed by atoms with Crippen LogP contribution in [0.5, 0.6) is 0 Å². The molecule has 4 nitrogen and oxygen atoms in total. The van der Waals surface area contributed by atoms with Crippen LogP contribution in [-0.2, 0) is 15.1 Å². The summed E-state index contributed by atoms with van der Waals surface area (Å²) in [4.78, 5) is 16.7. The van der Waals surface area contributed by atoms with Gasteiger partial charge in [0, 0.05) is 13.1 Å². The second-order valence-corrected chi connectivity index (χ2v) is 5.71. The lowest BCUT2D eigenvalue weighted by molar-refractivity contribution is 0.122. The highest BCUT2D eigenvalue weighted by Crippen LogP contribution is 2.43. The molecule has 21 heavy (non-hydrogen) atoms. The minimum Gasteiger partial charge on any atom is -0.378 e. The average Bonchev–Trinajstić information content (AvgIpc) is 2.98. The topological polar surface area (TPSA) is 41.9 Å². The van der Waals surface area contributed by atoms with Gasteiger partial charge in [-0.2, -0.15) is 4.99 Å². The molecule has 1 saturated heterocycles. The molecule has 0 amide bonds. The normalized spacial score (nSPS) is 21.1. The van der Waals surface area contributed by atoms with Crippen LogP contribution in [0.4, 0.5) is 10.1 Å². The smallest absolute Gasteiger partial charge is 0.235 e. The molecule has 2 fully saturated rings. The zero-order valence-electron chi connectivity index (χ0n) is 12.0. The number of halogens is 1. The summed E-state index contributed by atoms with van der Waals surface area (Å²) in [5, 5.41) is 0. The van der Waals surface area contributed by atoms with Crippen molar-refractivity contribution in [3.05, 3.63) is 29.6 Å². The first-order chi connectivity index (χ1) is 10.2. The molecule has 0 unspecified atom stereocenters. The summed E-state index contributed by atoms with van der Waals surface area (Å²) >= 11 is 0. The number of ether oxygens (including phenoxy) is 1. The molecule has 1 heterocycles. The number of anilines is 1. The van der Waals surface area contributed by atoms with E-state index in [9.17, 15) is 9.18 Å². The van der Waals surface area contributed by atoms with Crippen LogP contribution in [0.3, 0.4) is 0 Å². The Kier molecular flexibility index (Phi) is 4.04. The second-order valence-electron chi connectivity index (χ2n) is 5.71. The zero-order chi connectivity index (χ0) is 14.7. The van der Waals surface area contributed by atoms with E-state index < -0.39 is 5.54 Å². The van der Waals surface area contributed by atoms with E-state index >= 15 is 0 Å². The summed E-state index contributed by atoms with van der Waals surface area (Å²) in [5.41, 5.74) is 0.828. The van der Waals surface area contributed by atoms with Gasteiger partial charge in [-0.25, -0.2) is 9.18 Å². The highest BCUT2D eigenvalue weighted by Gasteiger charge is 2.36. The molecular formula is C16H19FN2O2. The van der Waals surface area contributed by atoms with Crippen LogP contribution in [0.15, 0.2) is 23.2 Å². The van der Waals surface area contributed by atoms with E-state index in [1.165, 1.54) is 6.07 Å². The Bertz CT molecular complexity index is 557. The Morgan fingerprint density at radius 3 is 2.57 bits per heavy atom. The van der Waals surface area contributed by atoms with Crippen molar-refractivity contribution >= 4 is 11.8 Å². The van der Waals surface area contributed by atoms with E-state index in [-0.39, 0.29) is 5.82 Å². The van der Waals surface area contributed by atoms with Crippen molar-refractivity contribution < 1.29 is 13.9 Å². The number of hydrogen-bond acceptors (Lipinski definition) is 4. The van der Waals surface area contributed by atoms with E-state index in [0.29, 0.717) is 32.0 Å². The Morgan fingerprint density at radius 1 is 1.24 bits per heavy atom. The molecule has 112 valence electrons. The molecule has 0 atom stereocenters. The maximum Gasteiger partial charge on any atom is 0.235 e. The van der Waals surface area contributed by atoms with Crippen molar-refractivity contribution in [1.29, 1.82) is 0 Å². The van der Waals surface area contributed by atoms with Crippen LogP contribution in [-0.4, -0.2) is 32.4 Å². The Hall–Kier alpha value is -1.71. The summed E-state index contributed by atoms with van der Waals surface area (Å²) in [7, 11) is 0. The summed E-state index contributed by atoms with van der Waals surface area (Å²) in [6.45, 7) is 2.66. The third-order valence-corrected chi connectivity index (χ3v) is 4.53. The van der Waals surface area contributed by atoms with Gasteiger partial charge in [0.1, 0.15) is 5.82 Å². The molecule has 1 aromatic carbocycles. The second kappa shape index (κ2) is 5.96. The quantitative estimate of drug-likeness (QED) is 0.635. The SMILES string of the molecule is O=C=NC1(c2ccc(N3CCOCC3)c(F)c2)CCCC1. The Morgan fingerprint density at radius 2 is 1.95 bits per heavy atom. The number of nitrogens with zero attached hydrogens (tertiary/aromatic N) is 2. The molecule has 1 aromatic rings. The van der Waals surface area contributed by atoms with Crippen LogP contribution in [0, 0.1) is 5.82 Å². The first kappa shape index (κ1) is 14.2.